The standard InChI is InChI=1S/C19H20F3NO/c1-23(14-16-10-5-11-17(13-16)19(20,21)22)18(24)12-6-9-15-7-3-2-4-8-15/h2-5,7-8,10-11,13H,6,9,12,14H2,1H3. The first-order chi connectivity index (χ1) is 11.4. The molecule has 5 heteroatoms. The minimum atomic E-state index is -4.37. The van der Waals surface area contributed by atoms with Gasteiger partial charge in [0.25, 0.3) is 0 Å². The highest BCUT2D eigenvalue weighted by atomic mass is 19.4. The average Bonchev–Trinajstić information content (AvgIpc) is 2.55. The molecule has 128 valence electrons. The fourth-order valence-electron chi connectivity index (χ4n) is 2.49. The maximum atomic E-state index is 12.7. The van der Waals surface area contributed by atoms with Crippen LogP contribution in [0.25, 0.3) is 0 Å². The van der Waals surface area contributed by atoms with Crippen LogP contribution >= 0.6 is 0 Å². The molecule has 2 rings (SSSR count). The second-order valence-corrected chi connectivity index (χ2v) is 5.79. The molecule has 0 aliphatic rings. The second kappa shape index (κ2) is 7.99. The summed E-state index contributed by atoms with van der Waals surface area (Å²) in [4.78, 5) is 13.6. The summed E-state index contributed by atoms with van der Waals surface area (Å²) < 4.78 is 38.1. The van der Waals surface area contributed by atoms with Crippen molar-refractivity contribution in [1.29, 1.82) is 0 Å². The fourth-order valence-corrected chi connectivity index (χ4v) is 2.49. The maximum Gasteiger partial charge on any atom is 0.416 e. The Morgan fingerprint density at radius 3 is 2.33 bits per heavy atom. The van der Waals surface area contributed by atoms with Gasteiger partial charge in [-0.05, 0) is 36.1 Å². The van der Waals surface area contributed by atoms with E-state index in [-0.39, 0.29) is 12.5 Å². The zero-order chi connectivity index (χ0) is 17.6. The molecule has 2 nitrogen and oxygen atoms in total. The van der Waals surface area contributed by atoms with Gasteiger partial charge in [0.1, 0.15) is 0 Å². The van der Waals surface area contributed by atoms with Crippen LogP contribution in [0.3, 0.4) is 0 Å². The summed E-state index contributed by atoms with van der Waals surface area (Å²) >= 11 is 0. The average molecular weight is 335 g/mol. The number of rotatable bonds is 6. The monoisotopic (exact) mass is 335 g/mol. The van der Waals surface area contributed by atoms with E-state index in [0.29, 0.717) is 12.0 Å². The number of halogens is 3. The number of carbonyl (C=O) groups is 1. The summed E-state index contributed by atoms with van der Waals surface area (Å²) in [5.41, 5.74) is 0.958. The predicted octanol–water partition coefficient (Wildman–Crippen LogP) is 4.69. The molecule has 0 saturated carbocycles. The van der Waals surface area contributed by atoms with Gasteiger partial charge in [0.2, 0.25) is 5.91 Å². The summed E-state index contributed by atoms with van der Waals surface area (Å²) in [6.45, 7) is 0.175. The van der Waals surface area contributed by atoms with E-state index in [9.17, 15) is 18.0 Å². The summed E-state index contributed by atoms with van der Waals surface area (Å²) in [6, 6.07) is 15.0. The van der Waals surface area contributed by atoms with Crippen LogP contribution in [-0.4, -0.2) is 17.9 Å². The molecule has 0 bridgehead atoms. The van der Waals surface area contributed by atoms with E-state index in [4.69, 9.17) is 0 Å². The fraction of sp³-hybridized carbons (Fsp3) is 0.316. The summed E-state index contributed by atoms with van der Waals surface area (Å²) in [7, 11) is 1.62. The van der Waals surface area contributed by atoms with Crippen LogP contribution in [0.15, 0.2) is 54.6 Å². The van der Waals surface area contributed by atoms with Crippen molar-refractivity contribution in [3.05, 3.63) is 71.3 Å². The number of carbonyl (C=O) groups excluding carboxylic acids is 1. The third-order valence-electron chi connectivity index (χ3n) is 3.80. The van der Waals surface area contributed by atoms with E-state index in [1.807, 2.05) is 30.3 Å². The number of benzene rings is 2. The van der Waals surface area contributed by atoms with E-state index in [1.54, 1.807) is 13.1 Å². The molecule has 2 aromatic rings. The number of nitrogens with zero attached hydrogens (tertiary/aromatic N) is 1. The molecule has 0 fully saturated rings. The van der Waals surface area contributed by atoms with Crippen molar-refractivity contribution in [1.82, 2.24) is 4.90 Å². The molecule has 0 N–H and O–H groups in total. The topological polar surface area (TPSA) is 20.3 Å². The SMILES string of the molecule is CN(Cc1cccc(C(F)(F)F)c1)C(=O)CCCc1ccccc1. The van der Waals surface area contributed by atoms with Crippen LogP contribution in [0.5, 0.6) is 0 Å². The molecular weight excluding hydrogens is 315 g/mol. The Bertz CT molecular complexity index is 668. The molecule has 1 amide bonds. The lowest BCUT2D eigenvalue weighted by Gasteiger charge is -2.18. The highest BCUT2D eigenvalue weighted by Gasteiger charge is 2.30. The van der Waals surface area contributed by atoms with Crippen LogP contribution in [0.1, 0.15) is 29.5 Å². The molecule has 0 unspecified atom stereocenters. The minimum Gasteiger partial charge on any atom is -0.341 e. The van der Waals surface area contributed by atoms with Gasteiger partial charge in [0.05, 0.1) is 5.56 Å². The Morgan fingerprint density at radius 2 is 1.67 bits per heavy atom. The molecule has 0 atom stereocenters. The molecule has 0 saturated heterocycles. The summed E-state index contributed by atoms with van der Waals surface area (Å²) in [6.07, 6.45) is -2.46. The highest BCUT2D eigenvalue weighted by molar-refractivity contribution is 5.75. The smallest absolute Gasteiger partial charge is 0.341 e. The Balaban J connectivity index is 1.85. The van der Waals surface area contributed by atoms with Crippen molar-refractivity contribution >= 4 is 5.91 Å². The number of alkyl halides is 3. The lowest BCUT2D eigenvalue weighted by Crippen LogP contribution is -2.26. The third-order valence-corrected chi connectivity index (χ3v) is 3.80. The van der Waals surface area contributed by atoms with E-state index in [2.05, 4.69) is 0 Å². The molecule has 0 aliphatic heterocycles. The Hall–Kier alpha value is -2.30. The largest absolute Gasteiger partial charge is 0.416 e. The van der Waals surface area contributed by atoms with Crippen LogP contribution in [0.2, 0.25) is 0 Å². The van der Waals surface area contributed by atoms with Crippen LogP contribution in [-0.2, 0) is 23.9 Å². The predicted molar refractivity (Wildman–Crippen MR) is 87.3 cm³/mol. The number of amides is 1. The zero-order valence-corrected chi connectivity index (χ0v) is 13.5. The Kier molecular flexibility index (Phi) is 6.01. The zero-order valence-electron chi connectivity index (χ0n) is 13.5. The molecule has 2 aromatic carbocycles. The van der Waals surface area contributed by atoms with Crippen molar-refractivity contribution in [2.24, 2.45) is 0 Å². The van der Waals surface area contributed by atoms with Gasteiger partial charge in [-0.3, -0.25) is 4.79 Å². The quantitative estimate of drug-likeness (QED) is 0.750. The van der Waals surface area contributed by atoms with E-state index in [1.165, 1.54) is 16.5 Å². The number of hydrogen-bond donors (Lipinski definition) is 0. The second-order valence-electron chi connectivity index (χ2n) is 5.79. The number of hydrogen-bond acceptors (Lipinski definition) is 1. The van der Waals surface area contributed by atoms with Crippen molar-refractivity contribution in [3.8, 4) is 0 Å². The maximum absolute atomic E-state index is 12.7. The minimum absolute atomic E-state index is 0.0663. The van der Waals surface area contributed by atoms with Gasteiger partial charge in [-0.15, -0.1) is 0 Å². The van der Waals surface area contributed by atoms with Gasteiger partial charge in [-0.25, -0.2) is 0 Å². The first-order valence-electron chi connectivity index (χ1n) is 7.80. The molecule has 0 radical (unpaired) electrons. The summed E-state index contributed by atoms with van der Waals surface area (Å²) in [5, 5.41) is 0. The van der Waals surface area contributed by atoms with Crippen molar-refractivity contribution in [2.45, 2.75) is 32.0 Å². The van der Waals surface area contributed by atoms with Crippen LogP contribution in [0, 0.1) is 0 Å². The third kappa shape index (κ3) is 5.41. The molecule has 0 heterocycles. The lowest BCUT2D eigenvalue weighted by atomic mass is 10.1. The van der Waals surface area contributed by atoms with Gasteiger partial charge in [0.15, 0.2) is 0 Å². The van der Waals surface area contributed by atoms with Crippen LogP contribution < -0.4 is 0 Å². The molecule has 0 aromatic heterocycles. The normalized spacial score (nSPS) is 11.3. The summed E-state index contributed by atoms with van der Waals surface area (Å²) in [5.74, 6) is -0.0663. The molecular formula is C19H20F3NO. The van der Waals surface area contributed by atoms with Crippen LogP contribution in [0.4, 0.5) is 13.2 Å². The number of aryl methyl sites for hydroxylation is 1. The van der Waals surface area contributed by atoms with Gasteiger partial charge >= 0.3 is 6.18 Å². The molecule has 0 aliphatic carbocycles. The Morgan fingerprint density at radius 1 is 1.00 bits per heavy atom. The molecule has 24 heavy (non-hydrogen) atoms. The van der Waals surface area contributed by atoms with Crippen molar-refractivity contribution < 1.29 is 18.0 Å². The van der Waals surface area contributed by atoms with Crippen molar-refractivity contribution in [3.63, 3.8) is 0 Å². The Labute approximate surface area is 139 Å². The van der Waals surface area contributed by atoms with Gasteiger partial charge in [0, 0.05) is 20.0 Å². The van der Waals surface area contributed by atoms with E-state index >= 15 is 0 Å². The van der Waals surface area contributed by atoms with E-state index < -0.39 is 11.7 Å². The first kappa shape index (κ1) is 18.0. The highest BCUT2D eigenvalue weighted by Crippen LogP contribution is 2.29. The van der Waals surface area contributed by atoms with Crippen molar-refractivity contribution in [2.75, 3.05) is 7.05 Å². The van der Waals surface area contributed by atoms with E-state index in [0.717, 1.165) is 25.0 Å². The first-order valence-corrected chi connectivity index (χ1v) is 7.80. The lowest BCUT2D eigenvalue weighted by molar-refractivity contribution is -0.137. The van der Waals surface area contributed by atoms with Gasteiger partial charge < -0.3 is 4.90 Å². The molecule has 0 spiro atoms. The van der Waals surface area contributed by atoms with Gasteiger partial charge in [-0.1, -0.05) is 42.5 Å². The van der Waals surface area contributed by atoms with Gasteiger partial charge in [-0.2, -0.15) is 13.2 Å².